The van der Waals surface area contributed by atoms with Crippen molar-refractivity contribution in [1.82, 2.24) is 24.4 Å². The molecule has 60 heavy (non-hydrogen) atoms. The number of ether oxygens (including phenoxy) is 2. The second-order valence-corrected chi connectivity index (χ2v) is 13.9. The lowest BCUT2D eigenvalue weighted by Crippen LogP contribution is -2.19. The number of carbonyl (C=O) groups is 2. The summed E-state index contributed by atoms with van der Waals surface area (Å²) in [5, 5.41) is 13.5. The zero-order chi connectivity index (χ0) is 41.3. The van der Waals surface area contributed by atoms with E-state index in [1.54, 1.807) is 27.5 Å². The molecule has 4 heterocycles. The van der Waals surface area contributed by atoms with Crippen molar-refractivity contribution in [3.05, 3.63) is 168 Å². The number of anilines is 3. The Labute approximate surface area is 342 Å². The zero-order valence-corrected chi connectivity index (χ0v) is 31.8. The summed E-state index contributed by atoms with van der Waals surface area (Å²) < 4.78 is 15.0. The number of primary amides is 2. The van der Waals surface area contributed by atoms with Crippen LogP contribution < -0.4 is 37.7 Å². The maximum absolute atomic E-state index is 12.3. The van der Waals surface area contributed by atoms with E-state index >= 15 is 0 Å². The lowest BCUT2D eigenvalue weighted by Gasteiger charge is -2.20. The highest BCUT2D eigenvalue weighted by Gasteiger charge is 2.28. The molecule has 14 heteroatoms. The molecule has 9 N–H and O–H groups in total. The number of hydrogen-bond acceptors (Lipinski definition) is 10. The minimum atomic E-state index is -0.597. The van der Waals surface area contributed by atoms with Crippen molar-refractivity contribution in [3.8, 4) is 51.2 Å². The van der Waals surface area contributed by atoms with Gasteiger partial charge in [0.25, 0.3) is 11.8 Å². The molecule has 294 valence electrons. The predicted octanol–water partition coefficient (Wildman–Crippen LogP) is 7.96. The molecule has 1 aliphatic heterocycles. The molecule has 6 aromatic carbocycles. The van der Waals surface area contributed by atoms with Crippen LogP contribution in [0.15, 0.2) is 152 Å². The van der Waals surface area contributed by atoms with E-state index in [0.717, 1.165) is 44.8 Å². The lowest BCUT2D eigenvalue weighted by molar-refractivity contribution is 0.0993. The largest absolute Gasteiger partial charge is 0.457 e. The average molecular weight is 793 g/mol. The smallest absolute Gasteiger partial charge is 0.254 e. The van der Waals surface area contributed by atoms with E-state index in [0.29, 0.717) is 57.8 Å². The summed E-state index contributed by atoms with van der Waals surface area (Å²) in [7, 11) is 0. The molecule has 0 radical (unpaired) electrons. The highest BCUT2D eigenvalue weighted by molar-refractivity contribution is 6.06. The first-order valence-electron chi connectivity index (χ1n) is 18.8. The van der Waals surface area contributed by atoms with Crippen molar-refractivity contribution in [2.45, 2.75) is 6.54 Å². The fourth-order valence-electron chi connectivity index (χ4n) is 7.02. The first-order valence-corrected chi connectivity index (χ1v) is 18.8. The quantitative estimate of drug-likeness (QED) is 0.0935. The molecule has 0 fully saturated rings. The second kappa shape index (κ2) is 15.4. The first-order chi connectivity index (χ1) is 29.2. The fourth-order valence-corrected chi connectivity index (χ4v) is 7.02. The third-order valence-electron chi connectivity index (χ3n) is 9.84. The Morgan fingerprint density at radius 3 is 1.72 bits per heavy atom. The van der Waals surface area contributed by atoms with Gasteiger partial charge in [0.1, 0.15) is 51.3 Å². The molecule has 0 aliphatic carbocycles. The minimum Gasteiger partial charge on any atom is -0.457 e. The summed E-state index contributed by atoms with van der Waals surface area (Å²) in [6.07, 6.45) is 1.68. The Kier molecular flexibility index (Phi) is 9.46. The standard InChI is InChI=1S/C23H19N5O2.C23H17N5O2/c2*24-16-9-6-15-13-26-23-20(22(25)29)21(27-28(23)19(15)12-16)14-7-10-18(11-8-14)30-17-4-2-1-3-5-17/h1-12,26H,13,24H2,(H2,25,29);1-13H,24H2,(H2,25,29). The maximum atomic E-state index is 12.3. The van der Waals surface area contributed by atoms with Crippen molar-refractivity contribution in [2.24, 2.45) is 11.5 Å². The van der Waals surface area contributed by atoms with Crippen molar-refractivity contribution < 1.29 is 19.1 Å². The number of rotatable bonds is 8. The van der Waals surface area contributed by atoms with E-state index in [1.807, 2.05) is 133 Å². The highest BCUT2D eigenvalue weighted by Crippen LogP contribution is 2.37. The highest BCUT2D eigenvalue weighted by atomic mass is 16.5. The Hall–Kier alpha value is -8.65. The molecule has 9 aromatic rings. The molecular weight excluding hydrogens is 757 g/mol. The third kappa shape index (κ3) is 7.11. The van der Waals surface area contributed by atoms with Crippen molar-refractivity contribution in [3.63, 3.8) is 0 Å². The van der Waals surface area contributed by atoms with Gasteiger partial charge in [0.05, 0.1) is 11.2 Å². The topological polar surface area (TPSA) is 217 Å². The monoisotopic (exact) mass is 792 g/mol. The van der Waals surface area contributed by atoms with Crippen molar-refractivity contribution in [2.75, 3.05) is 16.8 Å². The number of nitrogens with two attached hydrogens (primary N) is 4. The van der Waals surface area contributed by atoms with Crippen LogP contribution in [0.4, 0.5) is 17.2 Å². The molecule has 0 bridgehead atoms. The van der Waals surface area contributed by atoms with Gasteiger partial charge in [0, 0.05) is 40.6 Å². The van der Waals surface area contributed by atoms with E-state index in [2.05, 4.69) is 15.4 Å². The number of para-hydroxylation sites is 2. The second-order valence-electron chi connectivity index (χ2n) is 13.9. The molecule has 10 rings (SSSR count). The first kappa shape index (κ1) is 37.0. The number of nitrogens with one attached hydrogen (secondary N) is 1. The van der Waals surface area contributed by atoms with Crippen LogP contribution in [0.3, 0.4) is 0 Å². The summed E-state index contributed by atoms with van der Waals surface area (Å²) >= 11 is 0. The number of nitrogens with zero attached hydrogens (tertiary/aromatic N) is 5. The summed E-state index contributed by atoms with van der Waals surface area (Å²) in [5.74, 6) is 2.27. The van der Waals surface area contributed by atoms with Crippen LogP contribution in [0, 0.1) is 0 Å². The molecule has 0 spiro atoms. The van der Waals surface area contributed by atoms with Crippen molar-refractivity contribution in [1.29, 1.82) is 0 Å². The minimum absolute atomic E-state index is 0.260. The predicted molar refractivity (Wildman–Crippen MR) is 231 cm³/mol. The Morgan fingerprint density at radius 1 is 0.600 bits per heavy atom. The normalized spacial score (nSPS) is 11.5. The van der Waals surface area contributed by atoms with Gasteiger partial charge in [-0.15, -0.1) is 0 Å². The third-order valence-corrected chi connectivity index (χ3v) is 9.84. The summed E-state index contributed by atoms with van der Waals surface area (Å²) in [5.41, 5.74) is 30.6. The number of nitrogen functional groups attached to an aromatic ring is 2. The van der Waals surface area contributed by atoms with Crippen LogP contribution in [0.5, 0.6) is 23.0 Å². The SMILES string of the molecule is NC(=O)c1c(-c2ccc(Oc3ccccc3)cc2)nn2c1NCc1ccc(N)cc1-2.NC(=O)c1c(-c2ccc(Oc3ccccc3)cc2)nn2c1ncc1ccc(N)cc12. The van der Waals surface area contributed by atoms with Gasteiger partial charge in [-0.3, -0.25) is 9.59 Å². The molecule has 0 saturated carbocycles. The number of benzene rings is 6. The van der Waals surface area contributed by atoms with Gasteiger partial charge in [0.15, 0.2) is 5.65 Å². The van der Waals surface area contributed by atoms with Crippen molar-refractivity contribution >= 4 is 45.6 Å². The van der Waals surface area contributed by atoms with Crippen LogP contribution >= 0.6 is 0 Å². The lowest BCUT2D eigenvalue weighted by atomic mass is 10.1. The van der Waals surface area contributed by atoms with Crippen LogP contribution in [0.1, 0.15) is 26.3 Å². The number of amides is 2. The number of hydrogen-bond donors (Lipinski definition) is 5. The van der Waals surface area contributed by atoms with Crippen LogP contribution in [-0.2, 0) is 6.54 Å². The van der Waals surface area contributed by atoms with Gasteiger partial charge in [-0.25, -0.2) is 14.2 Å². The Morgan fingerprint density at radius 2 is 1.13 bits per heavy atom. The van der Waals surface area contributed by atoms with Crippen LogP contribution in [0.2, 0.25) is 0 Å². The van der Waals surface area contributed by atoms with E-state index in [1.165, 1.54) is 0 Å². The number of fused-ring (bicyclic) bond motifs is 6. The number of carbonyl (C=O) groups excluding carboxylic acids is 2. The maximum Gasteiger partial charge on any atom is 0.254 e. The summed E-state index contributed by atoms with van der Waals surface area (Å²) in [6, 6.07) is 44.8. The molecule has 1 aliphatic rings. The van der Waals surface area contributed by atoms with Crippen LogP contribution in [0.25, 0.3) is 44.8 Å². The van der Waals surface area contributed by atoms with E-state index in [4.69, 9.17) is 37.5 Å². The molecule has 0 atom stereocenters. The van der Waals surface area contributed by atoms with E-state index in [9.17, 15) is 9.59 Å². The average Bonchev–Trinajstić information content (AvgIpc) is 3.86. The van der Waals surface area contributed by atoms with Gasteiger partial charge >= 0.3 is 0 Å². The molecular formula is C46H36N10O4. The Bertz CT molecular complexity index is 3060. The molecule has 3 aromatic heterocycles. The van der Waals surface area contributed by atoms with Crippen LogP contribution in [-0.4, -0.2) is 36.2 Å². The summed E-state index contributed by atoms with van der Waals surface area (Å²) in [4.78, 5) is 29.0. The molecule has 0 saturated heterocycles. The molecule has 2 amide bonds. The Balaban J connectivity index is 0.000000154. The van der Waals surface area contributed by atoms with E-state index in [-0.39, 0.29) is 5.56 Å². The van der Waals surface area contributed by atoms with Gasteiger partial charge in [0.2, 0.25) is 0 Å². The zero-order valence-electron chi connectivity index (χ0n) is 31.8. The summed E-state index contributed by atoms with van der Waals surface area (Å²) in [6.45, 7) is 0.560. The van der Waals surface area contributed by atoms with Gasteiger partial charge in [-0.2, -0.15) is 10.2 Å². The van der Waals surface area contributed by atoms with E-state index < -0.39 is 11.8 Å². The van der Waals surface area contributed by atoms with Gasteiger partial charge < -0.3 is 37.7 Å². The molecule has 0 unspecified atom stereocenters. The number of aromatic nitrogens is 5. The fraction of sp³-hybridized carbons (Fsp3) is 0.0217. The van der Waals surface area contributed by atoms with Gasteiger partial charge in [-0.05, 0) is 109 Å². The van der Waals surface area contributed by atoms with Gasteiger partial charge in [-0.1, -0.05) is 42.5 Å². The molecule has 14 nitrogen and oxygen atoms in total.